The zero-order chi connectivity index (χ0) is 16.0. The van der Waals surface area contributed by atoms with Crippen molar-refractivity contribution in [3.8, 4) is 11.5 Å². The normalized spacial score (nSPS) is 12.0. The summed E-state index contributed by atoms with van der Waals surface area (Å²) in [6.45, 7) is 2.11. The molecule has 2 nitrogen and oxygen atoms in total. The predicted molar refractivity (Wildman–Crippen MR) is 95.2 cm³/mol. The van der Waals surface area contributed by atoms with E-state index in [1.165, 1.54) is 27.8 Å². The van der Waals surface area contributed by atoms with Crippen molar-refractivity contribution >= 4 is 22.4 Å². The van der Waals surface area contributed by atoms with Crippen molar-refractivity contribution in [3.63, 3.8) is 0 Å². The lowest BCUT2D eigenvalue weighted by Crippen LogP contribution is -1.88. The van der Waals surface area contributed by atoms with Crippen LogP contribution in [-0.4, -0.2) is 14.2 Å². The van der Waals surface area contributed by atoms with Crippen molar-refractivity contribution in [2.75, 3.05) is 14.2 Å². The summed E-state index contributed by atoms with van der Waals surface area (Å²) in [6.07, 6.45) is 2.24. The molecule has 0 heterocycles. The quantitative estimate of drug-likeness (QED) is 0.526. The predicted octanol–water partition coefficient (Wildman–Crippen LogP) is 5.07. The first-order chi connectivity index (χ1) is 11.2. The molecule has 0 N–H and O–H groups in total. The number of hydrogen-bond donors (Lipinski definition) is 0. The average Bonchev–Trinajstić information content (AvgIpc) is 3.25. The fourth-order valence-corrected chi connectivity index (χ4v) is 3.07. The van der Waals surface area contributed by atoms with E-state index in [2.05, 4.69) is 49.4 Å². The van der Waals surface area contributed by atoms with E-state index in [1.807, 2.05) is 12.1 Å². The highest BCUT2D eigenvalue weighted by molar-refractivity contribution is 6.13. The van der Waals surface area contributed by atoms with Crippen molar-refractivity contribution in [1.29, 1.82) is 0 Å². The fourth-order valence-electron chi connectivity index (χ4n) is 3.07. The highest BCUT2D eigenvalue weighted by Gasteiger charge is 2.27. The fraction of sp³-hybridized carbons (Fsp3) is 0.143. The first-order valence-corrected chi connectivity index (χ1v) is 7.69. The Balaban J connectivity index is 1.83. The van der Waals surface area contributed by atoms with Gasteiger partial charge in [0.25, 0.3) is 0 Å². The molecule has 0 unspecified atom stereocenters. The molecule has 114 valence electrons. The molecule has 0 radical (unpaired) electrons. The van der Waals surface area contributed by atoms with E-state index in [9.17, 15) is 0 Å². The van der Waals surface area contributed by atoms with Gasteiger partial charge in [-0.2, -0.15) is 0 Å². The van der Waals surface area contributed by atoms with Crippen LogP contribution in [0.2, 0.25) is 0 Å². The summed E-state index contributed by atoms with van der Waals surface area (Å²) in [5.74, 6) is 1.76. The molecule has 0 bridgehead atoms. The van der Waals surface area contributed by atoms with E-state index in [-0.39, 0.29) is 0 Å². The van der Waals surface area contributed by atoms with E-state index in [4.69, 9.17) is 9.47 Å². The third-order valence-electron chi connectivity index (χ3n) is 4.42. The molecule has 3 aromatic carbocycles. The minimum atomic E-state index is 0.880. The largest absolute Gasteiger partial charge is 0.496 e. The summed E-state index contributed by atoms with van der Waals surface area (Å²) in [4.78, 5) is 0. The van der Waals surface area contributed by atoms with Gasteiger partial charge in [-0.1, -0.05) is 29.8 Å². The van der Waals surface area contributed by atoms with Gasteiger partial charge >= 0.3 is 0 Å². The van der Waals surface area contributed by atoms with Gasteiger partial charge in [-0.25, -0.2) is 0 Å². The Morgan fingerprint density at radius 3 is 1.74 bits per heavy atom. The summed E-state index contributed by atoms with van der Waals surface area (Å²) in [5.41, 5.74) is 6.40. The Morgan fingerprint density at radius 1 is 0.739 bits per heavy atom. The van der Waals surface area contributed by atoms with Crippen LogP contribution in [0, 0.1) is 6.92 Å². The second-order valence-corrected chi connectivity index (χ2v) is 5.88. The van der Waals surface area contributed by atoms with Gasteiger partial charge in [0.15, 0.2) is 0 Å². The highest BCUT2D eigenvalue weighted by Crippen LogP contribution is 2.48. The van der Waals surface area contributed by atoms with Crippen LogP contribution in [0.15, 0.2) is 48.5 Å². The van der Waals surface area contributed by atoms with Crippen molar-refractivity contribution in [2.24, 2.45) is 0 Å². The van der Waals surface area contributed by atoms with Gasteiger partial charge in [0.1, 0.15) is 11.5 Å². The monoisotopic (exact) mass is 302 g/mol. The van der Waals surface area contributed by atoms with E-state index >= 15 is 0 Å². The Kier molecular flexibility index (Phi) is 3.12. The third kappa shape index (κ3) is 2.27. The van der Waals surface area contributed by atoms with Crippen LogP contribution < -0.4 is 9.47 Å². The zero-order valence-corrected chi connectivity index (χ0v) is 13.5. The number of hydrogen-bond acceptors (Lipinski definition) is 2. The molecule has 23 heavy (non-hydrogen) atoms. The molecule has 2 heteroatoms. The standard InChI is InChI=1S/C21H18O2/c1-13-4-6-14(7-5-13)10-15-16-11-18-19(12-17(15)16)21(23-3)9-8-20(18)22-2/h4-12H,1-3H3. The maximum absolute atomic E-state index is 5.50. The maximum Gasteiger partial charge on any atom is 0.126 e. The molecule has 0 aromatic heterocycles. The number of benzene rings is 3. The van der Waals surface area contributed by atoms with Crippen molar-refractivity contribution < 1.29 is 9.47 Å². The molecule has 1 aliphatic carbocycles. The molecule has 0 saturated carbocycles. The van der Waals surface area contributed by atoms with Crippen molar-refractivity contribution in [3.05, 3.63) is 70.8 Å². The van der Waals surface area contributed by atoms with Crippen LogP contribution in [-0.2, 0) is 0 Å². The lowest BCUT2D eigenvalue weighted by molar-refractivity contribution is 0.410. The molecule has 0 spiro atoms. The third-order valence-corrected chi connectivity index (χ3v) is 4.42. The molecule has 1 aliphatic rings. The van der Waals surface area contributed by atoms with Gasteiger partial charge < -0.3 is 9.47 Å². The minimum absolute atomic E-state index is 0.880. The van der Waals surface area contributed by atoms with Crippen LogP contribution in [0.4, 0.5) is 0 Å². The minimum Gasteiger partial charge on any atom is -0.496 e. The van der Waals surface area contributed by atoms with Crippen LogP contribution in [0.3, 0.4) is 0 Å². The van der Waals surface area contributed by atoms with Gasteiger partial charge in [-0.3, -0.25) is 0 Å². The summed E-state index contributed by atoms with van der Waals surface area (Å²) < 4.78 is 11.0. The zero-order valence-electron chi connectivity index (χ0n) is 13.5. The average molecular weight is 302 g/mol. The smallest absolute Gasteiger partial charge is 0.126 e. The maximum atomic E-state index is 5.50. The molecular weight excluding hydrogens is 284 g/mol. The van der Waals surface area contributed by atoms with E-state index in [0.29, 0.717) is 0 Å². The van der Waals surface area contributed by atoms with Crippen molar-refractivity contribution in [2.45, 2.75) is 6.92 Å². The first kappa shape index (κ1) is 13.9. The summed E-state index contributed by atoms with van der Waals surface area (Å²) in [7, 11) is 3.41. The molecule has 0 atom stereocenters. The van der Waals surface area contributed by atoms with Gasteiger partial charge in [0, 0.05) is 10.8 Å². The molecular formula is C21H18O2. The molecule has 3 aromatic rings. The number of methoxy groups -OCH3 is 2. The van der Waals surface area contributed by atoms with Crippen LogP contribution in [0.5, 0.6) is 11.5 Å². The van der Waals surface area contributed by atoms with E-state index in [1.54, 1.807) is 14.2 Å². The summed E-state index contributed by atoms with van der Waals surface area (Å²) in [5, 5.41) is 2.19. The lowest BCUT2D eigenvalue weighted by atomic mass is 10.1. The SMILES string of the molecule is COc1ccc(OC)c2cc3c(cc12)C3=Cc1ccc(C)cc1. The van der Waals surface area contributed by atoms with E-state index < -0.39 is 0 Å². The summed E-state index contributed by atoms with van der Waals surface area (Å²) >= 11 is 0. The van der Waals surface area contributed by atoms with E-state index in [0.717, 1.165) is 22.3 Å². The molecule has 0 aliphatic heterocycles. The Morgan fingerprint density at radius 2 is 1.26 bits per heavy atom. The second kappa shape index (κ2) is 5.17. The Bertz CT molecular complexity index is 882. The number of fused-ring (bicyclic) bond motifs is 2. The molecule has 0 amide bonds. The molecule has 0 saturated heterocycles. The summed E-state index contributed by atoms with van der Waals surface area (Å²) in [6, 6.07) is 16.9. The van der Waals surface area contributed by atoms with Gasteiger partial charge in [0.2, 0.25) is 0 Å². The second-order valence-electron chi connectivity index (χ2n) is 5.88. The van der Waals surface area contributed by atoms with Crippen molar-refractivity contribution in [1.82, 2.24) is 0 Å². The molecule has 4 rings (SSSR count). The van der Waals surface area contributed by atoms with Crippen LogP contribution in [0.1, 0.15) is 22.3 Å². The molecule has 0 fully saturated rings. The van der Waals surface area contributed by atoms with Crippen LogP contribution >= 0.6 is 0 Å². The Hall–Kier alpha value is -2.74. The Labute approximate surface area is 136 Å². The first-order valence-electron chi connectivity index (χ1n) is 7.69. The number of rotatable bonds is 3. The van der Waals surface area contributed by atoms with Gasteiger partial charge in [-0.05, 0) is 59.5 Å². The topological polar surface area (TPSA) is 18.5 Å². The number of ether oxygens (including phenoxy) is 2. The van der Waals surface area contributed by atoms with Gasteiger partial charge in [0.05, 0.1) is 14.2 Å². The lowest BCUT2D eigenvalue weighted by Gasteiger charge is -2.08. The van der Waals surface area contributed by atoms with Gasteiger partial charge in [-0.15, -0.1) is 0 Å². The highest BCUT2D eigenvalue weighted by atomic mass is 16.5. The number of aryl methyl sites for hydroxylation is 1. The van der Waals surface area contributed by atoms with Crippen LogP contribution in [0.25, 0.3) is 22.4 Å².